The third kappa shape index (κ3) is 2.25. The van der Waals surface area contributed by atoms with Crippen molar-refractivity contribution in [3.63, 3.8) is 0 Å². The summed E-state index contributed by atoms with van der Waals surface area (Å²) in [5.41, 5.74) is -0.171. The largest absolute Gasteiger partial charge is 0.478 e. The molecule has 8 nitrogen and oxygen atoms in total. The van der Waals surface area contributed by atoms with Crippen molar-refractivity contribution >= 4 is 11.7 Å². The van der Waals surface area contributed by atoms with Gasteiger partial charge in [0.15, 0.2) is 0 Å². The van der Waals surface area contributed by atoms with Crippen molar-refractivity contribution in [2.24, 2.45) is 0 Å². The van der Waals surface area contributed by atoms with Crippen molar-refractivity contribution in [2.45, 2.75) is 0 Å². The summed E-state index contributed by atoms with van der Waals surface area (Å²) < 4.78 is 1.09. The van der Waals surface area contributed by atoms with Gasteiger partial charge in [0, 0.05) is 12.3 Å². The summed E-state index contributed by atoms with van der Waals surface area (Å²) in [5, 5.41) is 32.2. The van der Waals surface area contributed by atoms with Crippen LogP contribution in [0.5, 0.6) is 0 Å². The molecule has 0 saturated carbocycles. The average molecular weight is 258 g/mol. The third-order valence-corrected chi connectivity index (χ3v) is 2.38. The molecule has 0 radical (unpaired) electrons. The predicted octanol–water partition coefficient (Wildman–Crippen LogP) is 1.35. The molecule has 0 spiro atoms. The number of nitro groups is 1. The van der Waals surface area contributed by atoms with Crippen LogP contribution < -0.4 is 0 Å². The number of hydrogen-bond acceptors (Lipinski definition) is 5. The second kappa shape index (κ2) is 4.58. The van der Waals surface area contributed by atoms with E-state index in [1.165, 1.54) is 12.1 Å². The van der Waals surface area contributed by atoms with Crippen molar-refractivity contribution in [3.05, 3.63) is 51.8 Å². The highest BCUT2D eigenvalue weighted by Crippen LogP contribution is 2.23. The minimum atomic E-state index is -1.18. The van der Waals surface area contributed by atoms with E-state index >= 15 is 0 Å². The number of carbonyl (C=O) groups is 1. The zero-order valence-electron chi connectivity index (χ0n) is 9.35. The Balaban J connectivity index is 2.58. The number of benzene rings is 1. The number of nitrogens with zero attached hydrogens (tertiary/aromatic N) is 4. The molecule has 1 aromatic carbocycles. The molecule has 2 rings (SSSR count). The molecule has 1 N–H and O–H groups in total. The number of nitriles is 1. The minimum Gasteiger partial charge on any atom is -0.478 e. The van der Waals surface area contributed by atoms with Gasteiger partial charge in [-0.1, -0.05) is 0 Å². The second-order valence-electron chi connectivity index (χ2n) is 3.55. The third-order valence-electron chi connectivity index (χ3n) is 2.38. The summed E-state index contributed by atoms with van der Waals surface area (Å²) in [6.07, 6.45) is 2.25. The molecule has 19 heavy (non-hydrogen) atoms. The van der Waals surface area contributed by atoms with E-state index in [-0.39, 0.29) is 22.5 Å². The minimum absolute atomic E-state index is 0.0846. The number of aromatic carboxylic acids is 1. The molecular formula is C11H6N4O4. The first kappa shape index (κ1) is 12.3. The smallest absolute Gasteiger partial charge is 0.338 e. The van der Waals surface area contributed by atoms with E-state index in [0.29, 0.717) is 0 Å². The second-order valence-corrected chi connectivity index (χ2v) is 3.55. The highest BCUT2D eigenvalue weighted by molar-refractivity contribution is 5.87. The van der Waals surface area contributed by atoms with E-state index in [4.69, 9.17) is 10.4 Å². The highest BCUT2D eigenvalue weighted by Gasteiger charge is 2.18. The standard InChI is InChI=1S/C11H6N4O4/c12-4-7-1-2-9(10(3-7)15(18)19)14-6-8(5-13-14)11(16)17/h1-3,5-6H,(H,16,17). The molecule has 0 aliphatic rings. The quantitative estimate of drug-likeness (QED) is 0.654. The maximum Gasteiger partial charge on any atom is 0.338 e. The van der Waals surface area contributed by atoms with Crippen molar-refractivity contribution in [3.8, 4) is 11.8 Å². The van der Waals surface area contributed by atoms with Gasteiger partial charge in [-0.15, -0.1) is 0 Å². The fourth-order valence-corrected chi connectivity index (χ4v) is 1.50. The molecule has 94 valence electrons. The van der Waals surface area contributed by atoms with Crippen molar-refractivity contribution in [2.75, 3.05) is 0 Å². The van der Waals surface area contributed by atoms with Crippen LogP contribution in [0.15, 0.2) is 30.6 Å². The van der Waals surface area contributed by atoms with Gasteiger partial charge >= 0.3 is 5.97 Å². The van der Waals surface area contributed by atoms with Gasteiger partial charge in [-0.2, -0.15) is 10.4 Å². The SMILES string of the molecule is N#Cc1ccc(-n2cc(C(=O)O)cn2)c([N+](=O)[O-])c1. The fraction of sp³-hybridized carbons (Fsp3) is 0. The van der Waals surface area contributed by atoms with E-state index in [0.717, 1.165) is 23.1 Å². The van der Waals surface area contributed by atoms with Crippen LogP contribution in [0.3, 0.4) is 0 Å². The fourth-order valence-electron chi connectivity index (χ4n) is 1.50. The molecular weight excluding hydrogens is 252 g/mol. The molecule has 0 fully saturated rings. The van der Waals surface area contributed by atoms with E-state index in [9.17, 15) is 14.9 Å². The lowest BCUT2D eigenvalue weighted by atomic mass is 10.2. The van der Waals surface area contributed by atoms with Gasteiger partial charge in [0.2, 0.25) is 0 Å². The van der Waals surface area contributed by atoms with Crippen LogP contribution in [-0.2, 0) is 0 Å². The summed E-state index contributed by atoms with van der Waals surface area (Å²) in [6, 6.07) is 5.64. The first-order valence-electron chi connectivity index (χ1n) is 5.00. The Kier molecular flexibility index (Phi) is 2.95. The number of hydrogen-bond donors (Lipinski definition) is 1. The normalized spacial score (nSPS) is 9.84. The lowest BCUT2D eigenvalue weighted by molar-refractivity contribution is -0.384. The Labute approximate surface area is 106 Å². The first-order valence-corrected chi connectivity index (χ1v) is 5.00. The molecule has 0 aliphatic carbocycles. The molecule has 0 atom stereocenters. The van der Waals surface area contributed by atoms with E-state index in [2.05, 4.69) is 5.10 Å². The maximum absolute atomic E-state index is 10.9. The lowest BCUT2D eigenvalue weighted by Gasteiger charge is -2.02. The van der Waals surface area contributed by atoms with Crippen molar-refractivity contribution in [1.82, 2.24) is 9.78 Å². The van der Waals surface area contributed by atoms with E-state index in [1.807, 2.05) is 0 Å². The van der Waals surface area contributed by atoms with Crippen molar-refractivity contribution in [1.29, 1.82) is 5.26 Å². The van der Waals surface area contributed by atoms with E-state index < -0.39 is 10.9 Å². The Morgan fingerprint density at radius 3 is 2.79 bits per heavy atom. The van der Waals surface area contributed by atoms with Crippen LogP contribution in [0.1, 0.15) is 15.9 Å². The lowest BCUT2D eigenvalue weighted by Crippen LogP contribution is -2.01. The van der Waals surface area contributed by atoms with Crippen LogP contribution in [-0.4, -0.2) is 25.8 Å². The van der Waals surface area contributed by atoms with E-state index in [1.54, 1.807) is 6.07 Å². The van der Waals surface area contributed by atoms with Crippen molar-refractivity contribution < 1.29 is 14.8 Å². The zero-order valence-corrected chi connectivity index (χ0v) is 9.35. The number of aromatic nitrogens is 2. The van der Waals surface area contributed by atoms with Crippen LogP contribution in [0, 0.1) is 21.4 Å². The van der Waals surface area contributed by atoms with Crippen LogP contribution in [0.2, 0.25) is 0 Å². The van der Waals surface area contributed by atoms with Gasteiger partial charge in [0.05, 0.1) is 28.3 Å². The topological polar surface area (TPSA) is 122 Å². The summed E-state index contributed by atoms with van der Waals surface area (Å²) in [7, 11) is 0. The van der Waals surface area contributed by atoms with Crippen LogP contribution in [0.4, 0.5) is 5.69 Å². The molecule has 0 unspecified atom stereocenters. The summed E-state index contributed by atoms with van der Waals surface area (Å²) >= 11 is 0. The molecule has 0 aliphatic heterocycles. The first-order chi connectivity index (χ1) is 9.02. The summed E-state index contributed by atoms with van der Waals surface area (Å²) in [6.45, 7) is 0. The zero-order chi connectivity index (χ0) is 14.0. The van der Waals surface area contributed by atoms with Gasteiger partial charge < -0.3 is 5.11 Å². The molecule has 8 heteroatoms. The molecule has 2 aromatic rings. The number of carboxylic acids is 1. The Hall–Kier alpha value is -3.21. The summed E-state index contributed by atoms with van der Waals surface area (Å²) in [4.78, 5) is 21.0. The van der Waals surface area contributed by atoms with Gasteiger partial charge in [-0.25, -0.2) is 9.48 Å². The van der Waals surface area contributed by atoms with Crippen LogP contribution >= 0.6 is 0 Å². The monoisotopic (exact) mass is 258 g/mol. The van der Waals surface area contributed by atoms with Gasteiger partial charge in [-0.05, 0) is 12.1 Å². The van der Waals surface area contributed by atoms with Crippen LogP contribution in [0.25, 0.3) is 5.69 Å². The molecule has 1 heterocycles. The number of nitro benzene ring substituents is 1. The predicted molar refractivity (Wildman–Crippen MR) is 61.9 cm³/mol. The van der Waals surface area contributed by atoms with Gasteiger partial charge in [0.25, 0.3) is 5.69 Å². The van der Waals surface area contributed by atoms with Gasteiger partial charge in [-0.3, -0.25) is 10.1 Å². The Bertz CT molecular complexity index is 714. The highest BCUT2D eigenvalue weighted by atomic mass is 16.6. The summed E-state index contributed by atoms with van der Waals surface area (Å²) in [5.74, 6) is -1.18. The molecule has 0 amide bonds. The number of rotatable bonds is 3. The maximum atomic E-state index is 10.9. The average Bonchev–Trinajstić information content (AvgIpc) is 2.87. The molecule has 1 aromatic heterocycles. The Morgan fingerprint density at radius 2 is 2.26 bits per heavy atom. The number of carboxylic acid groups (broad SMARTS) is 1. The van der Waals surface area contributed by atoms with Gasteiger partial charge in [0.1, 0.15) is 5.69 Å². The Morgan fingerprint density at radius 1 is 1.53 bits per heavy atom. The molecule has 0 bridgehead atoms. The molecule has 0 saturated heterocycles.